The number of nitrogens with one attached hydrogen (secondary N) is 1. The number of halogens is 2. The Morgan fingerprint density at radius 2 is 1.74 bits per heavy atom. The number of rotatable bonds is 6. The Bertz CT molecular complexity index is 1100. The van der Waals surface area contributed by atoms with E-state index >= 15 is 0 Å². The first-order valence-corrected chi connectivity index (χ1v) is 10.8. The van der Waals surface area contributed by atoms with Crippen LogP contribution in [0.2, 0.25) is 0 Å². The number of hydrogen-bond acceptors (Lipinski definition) is 6. The highest BCUT2D eigenvalue weighted by molar-refractivity contribution is 7.89. The third-order valence-electron chi connectivity index (χ3n) is 5.09. The molecule has 1 fully saturated rings. The first kappa shape index (κ1) is 22.7. The molecular weight excluding hydrogens is 434 g/mol. The Balaban J connectivity index is 1.64. The molecule has 1 amide bonds. The van der Waals surface area contributed by atoms with Gasteiger partial charge in [0.2, 0.25) is 15.9 Å². The fraction of sp³-hybridized carbons (Fsp3) is 0.316. The molecule has 1 atom stereocenters. The maximum atomic E-state index is 13.4. The van der Waals surface area contributed by atoms with Crippen LogP contribution in [0.15, 0.2) is 47.4 Å². The Morgan fingerprint density at radius 3 is 2.35 bits per heavy atom. The molecule has 1 unspecified atom stereocenters. The van der Waals surface area contributed by atoms with E-state index in [4.69, 9.17) is 0 Å². The normalized spacial score (nSPS) is 16.6. The fourth-order valence-electron chi connectivity index (χ4n) is 3.26. The smallest absolute Gasteiger partial charge is 0.292 e. The summed E-state index contributed by atoms with van der Waals surface area (Å²) in [5.41, 5.74) is -0.158. The zero-order chi connectivity index (χ0) is 22.8. The lowest BCUT2D eigenvalue weighted by atomic mass is 10.2. The molecule has 2 aromatic carbocycles. The Hall–Kier alpha value is -2.96. The topological polar surface area (TPSA) is 113 Å². The number of piperazine rings is 1. The molecule has 0 radical (unpaired) electrons. The van der Waals surface area contributed by atoms with Crippen molar-refractivity contribution in [3.63, 3.8) is 0 Å². The number of para-hydroxylation sites is 2. The number of nitro benzene ring substituents is 1. The SMILES string of the molecule is CC(C(=O)Nc1ccccc1[N+](=O)[O-])N1CCN(S(=O)(=O)c2ccc(F)c(F)c2)CC1. The highest BCUT2D eigenvalue weighted by atomic mass is 32.2. The van der Waals surface area contributed by atoms with Gasteiger partial charge in [-0.05, 0) is 31.2 Å². The minimum Gasteiger partial charge on any atom is -0.319 e. The summed E-state index contributed by atoms with van der Waals surface area (Å²) in [4.78, 5) is 24.5. The first-order chi connectivity index (χ1) is 14.6. The summed E-state index contributed by atoms with van der Waals surface area (Å²) >= 11 is 0. The van der Waals surface area contributed by atoms with E-state index in [2.05, 4.69) is 5.32 Å². The molecule has 3 rings (SSSR count). The van der Waals surface area contributed by atoms with Crippen LogP contribution in [-0.2, 0) is 14.8 Å². The van der Waals surface area contributed by atoms with Crippen LogP contribution in [0.1, 0.15) is 6.92 Å². The predicted octanol–water partition coefficient (Wildman–Crippen LogP) is 2.21. The van der Waals surface area contributed by atoms with Crippen molar-refractivity contribution in [3.05, 3.63) is 64.2 Å². The quantitative estimate of drug-likeness (QED) is 0.529. The van der Waals surface area contributed by atoms with Crippen molar-refractivity contribution >= 4 is 27.3 Å². The van der Waals surface area contributed by atoms with Crippen LogP contribution >= 0.6 is 0 Å². The molecule has 12 heteroatoms. The van der Waals surface area contributed by atoms with Gasteiger partial charge in [0.25, 0.3) is 5.69 Å². The average Bonchev–Trinajstić information content (AvgIpc) is 2.75. The van der Waals surface area contributed by atoms with E-state index in [0.717, 1.165) is 16.4 Å². The maximum absolute atomic E-state index is 13.4. The number of sulfonamides is 1. The Kier molecular flexibility index (Phi) is 6.62. The largest absolute Gasteiger partial charge is 0.319 e. The minimum atomic E-state index is -4.01. The minimum absolute atomic E-state index is 0.0461. The number of nitro groups is 1. The van der Waals surface area contributed by atoms with Gasteiger partial charge in [0.15, 0.2) is 11.6 Å². The number of carbonyl (C=O) groups excluding carboxylic acids is 1. The van der Waals surface area contributed by atoms with Gasteiger partial charge in [-0.2, -0.15) is 4.31 Å². The van der Waals surface area contributed by atoms with Crippen molar-refractivity contribution in [1.29, 1.82) is 0 Å². The van der Waals surface area contributed by atoms with Crippen LogP contribution in [0.25, 0.3) is 0 Å². The first-order valence-electron chi connectivity index (χ1n) is 9.35. The van der Waals surface area contributed by atoms with Gasteiger partial charge < -0.3 is 5.32 Å². The van der Waals surface area contributed by atoms with Crippen molar-refractivity contribution in [2.75, 3.05) is 31.5 Å². The van der Waals surface area contributed by atoms with E-state index in [1.165, 1.54) is 18.2 Å². The van der Waals surface area contributed by atoms with Gasteiger partial charge in [-0.1, -0.05) is 12.1 Å². The Morgan fingerprint density at radius 1 is 1.10 bits per heavy atom. The number of carbonyl (C=O) groups is 1. The molecule has 0 bridgehead atoms. The maximum Gasteiger partial charge on any atom is 0.292 e. The molecule has 1 aliphatic heterocycles. The summed E-state index contributed by atoms with van der Waals surface area (Å²) in [7, 11) is -4.01. The van der Waals surface area contributed by atoms with Crippen LogP contribution in [0.4, 0.5) is 20.2 Å². The van der Waals surface area contributed by atoms with Crippen molar-refractivity contribution in [2.45, 2.75) is 17.9 Å². The molecule has 0 aliphatic carbocycles. The average molecular weight is 454 g/mol. The summed E-state index contributed by atoms with van der Waals surface area (Å²) in [5, 5.41) is 13.6. The number of hydrogen-bond donors (Lipinski definition) is 1. The Labute approximate surface area is 177 Å². The van der Waals surface area contributed by atoms with Gasteiger partial charge in [-0.25, -0.2) is 17.2 Å². The van der Waals surface area contributed by atoms with Crippen molar-refractivity contribution in [3.8, 4) is 0 Å². The lowest BCUT2D eigenvalue weighted by molar-refractivity contribution is -0.383. The van der Waals surface area contributed by atoms with E-state index in [-0.39, 0.29) is 42.4 Å². The van der Waals surface area contributed by atoms with E-state index in [0.29, 0.717) is 6.07 Å². The van der Waals surface area contributed by atoms with E-state index < -0.39 is 38.5 Å². The third-order valence-corrected chi connectivity index (χ3v) is 6.98. The molecule has 0 aromatic heterocycles. The summed E-state index contributed by atoms with van der Waals surface area (Å²) in [6.07, 6.45) is 0. The van der Waals surface area contributed by atoms with Gasteiger partial charge in [0.05, 0.1) is 15.9 Å². The van der Waals surface area contributed by atoms with Crippen molar-refractivity contribution in [2.24, 2.45) is 0 Å². The van der Waals surface area contributed by atoms with Crippen molar-refractivity contribution < 1.29 is 26.9 Å². The molecule has 31 heavy (non-hydrogen) atoms. The molecule has 1 aliphatic rings. The third kappa shape index (κ3) is 4.86. The van der Waals surface area contributed by atoms with Crippen LogP contribution < -0.4 is 5.32 Å². The van der Waals surface area contributed by atoms with Crippen LogP contribution in [-0.4, -0.2) is 60.7 Å². The van der Waals surface area contributed by atoms with Gasteiger partial charge >= 0.3 is 0 Å². The number of anilines is 1. The molecule has 1 saturated heterocycles. The lowest BCUT2D eigenvalue weighted by Crippen LogP contribution is -2.53. The second-order valence-electron chi connectivity index (χ2n) is 6.96. The number of amides is 1. The highest BCUT2D eigenvalue weighted by Crippen LogP contribution is 2.24. The second-order valence-corrected chi connectivity index (χ2v) is 8.89. The lowest BCUT2D eigenvalue weighted by Gasteiger charge is -2.36. The molecule has 2 aromatic rings. The number of benzene rings is 2. The summed E-state index contributed by atoms with van der Waals surface area (Å²) in [5.74, 6) is -2.85. The standard InChI is InChI=1S/C19H20F2N4O5S/c1-13(19(26)22-17-4-2-3-5-18(17)25(27)28)23-8-10-24(11-9-23)31(29,30)14-6-7-15(20)16(21)12-14/h2-7,12-13H,8-11H2,1H3,(H,22,26). The van der Waals surface area contributed by atoms with Gasteiger partial charge in [0.1, 0.15) is 5.69 Å². The summed E-state index contributed by atoms with van der Waals surface area (Å²) in [6.45, 7) is 2.14. The summed E-state index contributed by atoms with van der Waals surface area (Å²) in [6, 6.07) is 7.49. The molecule has 166 valence electrons. The van der Waals surface area contributed by atoms with Crippen LogP contribution in [0.5, 0.6) is 0 Å². The van der Waals surface area contributed by atoms with E-state index in [1.54, 1.807) is 17.9 Å². The van der Waals surface area contributed by atoms with Gasteiger partial charge in [-0.3, -0.25) is 19.8 Å². The fourth-order valence-corrected chi connectivity index (χ4v) is 4.69. The monoisotopic (exact) mass is 454 g/mol. The zero-order valence-corrected chi connectivity index (χ0v) is 17.3. The predicted molar refractivity (Wildman–Crippen MR) is 108 cm³/mol. The van der Waals surface area contributed by atoms with E-state index in [9.17, 15) is 32.1 Å². The molecule has 0 spiro atoms. The van der Waals surface area contributed by atoms with E-state index in [1.807, 2.05) is 0 Å². The second kappa shape index (κ2) is 9.04. The molecule has 1 N–H and O–H groups in total. The molecule has 1 heterocycles. The number of nitrogens with zero attached hydrogens (tertiary/aromatic N) is 3. The van der Waals surface area contributed by atoms with Gasteiger partial charge in [0, 0.05) is 32.2 Å². The van der Waals surface area contributed by atoms with Crippen LogP contribution in [0.3, 0.4) is 0 Å². The highest BCUT2D eigenvalue weighted by Gasteiger charge is 2.32. The zero-order valence-electron chi connectivity index (χ0n) is 16.5. The molecular formula is C19H20F2N4O5S. The molecule has 0 saturated carbocycles. The van der Waals surface area contributed by atoms with Gasteiger partial charge in [-0.15, -0.1) is 0 Å². The summed E-state index contributed by atoms with van der Waals surface area (Å²) < 4.78 is 53.0. The van der Waals surface area contributed by atoms with Crippen molar-refractivity contribution in [1.82, 2.24) is 9.21 Å². The van der Waals surface area contributed by atoms with Crippen LogP contribution in [0, 0.1) is 21.7 Å². The molecule has 9 nitrogen and oxygen atoms in total.